The van der Waals surface area contributed by atoms with E-state index in [1.807, 2.05) is 0 Å². The topological polar surface area (TPSA) is 79.5 Å². The van der Waals surface area contributed by atoms with Crippen molar-refractivity contribution in [2.45, 2.75) is 19.4 Å². The molecule has 0 radical (unpaired) electrons. The highest BCUT2D eigenvalue weighted by Crippen LogP contribution is 2.18. The van der Waals surface area contributed by atoms with Gasteiger partial charge in [-0.15, -0.1) is 0 Å². The minimum atomic E-state index is -0.868. The van der Waals surface area contributed by atoms with Gasteiger partial charge in [0.1, 0.15) is 0 Å². The zero-order valence-corrected chi connectivity index (χ0v) is 9.34. The molecule has 0 saturated heterocycles. The predicted molar refractivity (Wildman–Crippen MR) is 59.6 cm³/mol. The third-order valence-corrected chi connectivity index (χ3v) is 2.79. The second kappa shape index (κ2) is 4.45. The van der Waals surface area contributed by atoms with E-state index >= 15 is 0 Å². The van der Waals surface area contributed by atoms with Gasteiger partial charge in [0, 0.05) is 11.6 Å². The molecule has 0 aliphatic heterocycles. The van der Waals surface area contributed by atoms with Gasteiger partial charge in [0.25, 0.3) is 5.91 Å². The second-order valence-electron chi connectivity index (χ2n) is 4.08. The van der Waals surface area contributed by atoms with Crippen LogP contribution in [0.1, 0.15) is 22.5 Å². The minimum Gasteiger partial charge on any atom is -0.481 e. The average molecular weight is 235 g/mol. The van der Waals surface area contributed by atoms with Gasteiger partial charge >= 0.3 is 5.97 Å². The number of hydrogen-bond acceptors (Lipinski definition) is 3. The number of aryl methyl sites for hydroxylation is 1. The van der Waals surface area contributed by atoms with Gasteiger partial charge in [-0.3, -0.25) is 9.59 Å². The van der Waals surface area contributed by atoms with Gasteiger partial charge < -0.3 is 14.8 Å². The quantitative estimate of drug-likeness (QED) is 0.775. The summed E-state index contributed by atoms with van der Waals surface area (Å²) in [6.07, 6.45) is 5.15. The fraction of sp³-hybridized carbons (Fsp3) is 0.333. The van der Waals surface area contributed by atoms with E-state index in [2.05, 4.69) is 5.32 Å². The molecular weight excluding hydrogens is 222 g/mol. The molecule has 1 heterocycles. The van der Waals surface area contributed by atoms with Gasteiger partial charge in [0.15, 0.2) is 5.76 Å². The Morgan fingerprint density at radius 2 is 2.24 bits per heavy atom. The van der Waals surface area contributed by atoms with Crippen LogP contribution in [0.25, 0.3) is 0 Å². The molecular formula is C12H13NO4. The molecule has 2 N–H and O–H groups in total. The molecule has 2 rings (SSSR count). The van der Waals surface area contributed by atoms with Gasteiger partial charge in [0.2, 0.25) is 0 Å². The lowest BCUT2D eigenvalue weighted by Gasteiger charge is -2.11. The SMILES string of the molecule is Cc1ccoc1C(=O)NC1C=CC(C(=O)O)C1. The molecule has 2 unspecified atom stereocenters. The van der Waals surface area contributed by atoms with Crippen molar-refractivity contribution in [1.82, 2.24) is 5.32 Å². The standard InChI is InChI=1S/C12H13NO4/c1-7-4-5-17-10(7)11(14)13-9-3-2-8(6-9)12(15)16/h2-5,8-9H,6H2,1H3,(H,13,14)(H,15,16). The summed E-state index contributed by atoms with van der Waals surface area (Å²) in [7, 11) is 0. The molecule has 0 aromatic carbocycles. The van der Waals surface area contributed by atoms with Crippen molar-refractivity contribution in [3.8, 4) is 0 Å². The fourth-order valence-corrected chi connectivity index (χ4v) is 1.83. The first-order valence-electron chi connectivity index (χ1n) is 5.34. The van der Waals surface area contributed by atoms with Gasteiger partial charge in [-0.2, -0.15) is 0 Å². The zero-order chi connectivity index (χ0) is 12.4. The lowest BCUT2D eigenvalue weighted by atomic mass is 10.1. The Morgan fingerprint density at radius 1 is 1.47 bits per heavy atom. The maximum Gasteiger partial charge on any atom is 0.310 e. The van der Waals surface area contributed by atoms with Crippen LogP contribution in [0, 0.1) is 12.8 Å². The second-order valence-corrected chi connectivity index (χ2v) is 4.08. The van der Waals surface area contributed by atoms with E-state index in [1.54, 1.807) is 25.1 Å². The number of carbonyl (C=O) groups is 2. The number of amides is 1. The maximum atomic E-state index is 11.8. The van der Waals surface area contributed by atoms with Crippen molar-refractivity contribution >= 4 is 11.9 Å². The third kappa shape index (κ3) is 2.38. The molecule has 1 aliphatic carbocycles. The Bertz CT molecular complexity index is 475. The predicted octanol–water partition coefficient (Wildman–Crippen LogP) is 1.35. The molecule has 0 bridgehead atoms. The fourth-order valence-electron chi connectivity index (χ4n) is 1.83. The van der Waals surface area contributed by atoms with Gasteiger partial charge in [0.05, 0.1) is 12.2 Å². The monoisotopic (exact) mass is 235 g/mol. The number of rotatable bonds is 3. The van der Waals surface area contributed by atoms with Crippen LogP contribution in [-0.4, -0.2) is 23.0 Å². The van der Waals surface area contributed by atoms with Crippen molar-refractivity contribution in [2.75, 3.05) is 0 Å². The Balaban J connectivity index is 1.96. The van der Waals surface area contributed by atoms with Crippen LogP contribution in [0.5, 0.6) is 0 Å². The number of aliphatic carboxylic acids is 1. The van der Waals surface area contributed by atoms with E-state index < -0.39 is 11.9 Å². The summed E-state index contributed by atoms with van der Waals surface area (Å²) < 4.78 is 5.06. The van der Waals surface area contributed by atoms with Crippen LogP contribution in [0.3, 0.4) is 0 Å². The van der Waals surface area contributed by atoms with Crippen LogP contribution in [0.15, 0.2) is 28.9 Å². The number of furan rings is 1. The molecule has 90 valence electrons. The molecule has 1 aliphatic rings. The van der Waals surface area contributed by atoms with E-state index in [4.69, 9.17) is 9.52 Å². The van der Waals surface area contributed by atoms with E-state index in [9.17, 15) is 9.59 Å². The molecule has 0 spiro atoms. The zero-order valence-electron chi connectivity index (χ0n) is 9.34. The first-order chi connectivity index (χ1) is 8.08. The van der Waals surface area contributed by atoms with Crippen LogP contribution in [-0.2, 0) is 4.79 Å². The normalized spacial score (nSPS) is 22.6. The summed E-state index contributed by atoms with van der Waals surface area (Å²) in [6.45, 7) is 1.78. The third-order valence-electron chi connectivity index (χ3n) is 2.79. The lowest BCUT2D eigenvalue weighted by molar-refractivity contribution is -0.140. The van der Waals surface area contributed by atoms with Crippen molar-refractivity contribution in [3.63, 3.8) is 0 Å². The Labute approximate surface area is 98.1 Å². The highest BCUT2D eigenvalue weighted by atomic mass is 16.4. The van der Waals surface area contributed by atoms with Gasteiger partial charge in [-0.25, -0.2) is 0 Å². The van der Waals surface area contributed by atoms with Crippen molar-refractivity contribution in [2.24, 2.45) is 5.92 Å². The van der Waals surface area contributed by atoms with Crippen LogP contribution < -0.4 is 5.32 Å². The molecule has 1 amide bonds. The summed E-state index contributed by atoms with van der Waals surface area (Å²) in [5, 5.41) is 11.5. The first kappa shape index (κ1) is 11.4. The van der Waals surface area contributed by atoms with E-state index in [1.165, 1.54) is 6.26 Å². The van der Waals surface area contributed by atoms with Gasteiger partial charge in [-0.05, 0) is 19.4 Å². The Morgan fingerprint density at radius 3 is 2.76 bits per heavy atom. The summed E-state index contributed by atoms with van der Waals surface area (Å²) in [5.74, 6) is -1.42. The maximum absolute atomic E-state index is 11.8. The number of carbonyl (C=O) groups excluding carboxylic acids is 1. The Kier molecular flexibility index (Phi) is 2.99. The summed E-state index contributed by atoms with van der Waals surface area (Å²) in [5.41, 5.74) is 0.763. The average Bonchev–Trinajstić information content (AvgIpc) is 2.86. The van der Waals surface area contributed by atoms with E-state index in [0.717, 1.165) is 5.56 Å². The number of nitrogens with one attached hydrogen (secondary N) is 1. The van der Waals surface area contributed by atoms with E-state index in [0.29, 0.717) is 6.42 Å². The van der Waals surface area contributed by atoms with Crippen molar-refractivity contribution < 1.29 is 19.1 Å². The lowest BCUT2D eigenvalue weighted by Crippen LogP contribution is -2.33. The molecule has 2 atom stereocenters. The summed E-state index contributed by atoms with van der Waals surface area (Å²) in [6, 6.07) is 1.47. The number of carboxylic acid groups (broad SMARTS) is 1. The molecule has 1 aromatic rings. The van der Waals surface area contributed by atoms with Crippen molar-refractivity contribution in [3.05, 3.63) is 35.8 Å². The summed E-state index contributed by atoms with van der Waals surface area (Å²) >= 11 is 0. The number of carboxylic acids is 1. The molecule has 0 fully saturated rings. The summed E-state index contributed by atoms with van der Waals surface area (Å²) in [4.78, 5) is 22.5. The molecule has 0 saturated carbocycles. The van der Waals surface area contributed by atoms with Crippen LogP contribution >= 0.6 is 0 Å². The molecule has 1 aromatic heterocycles. The van der Waals surface area contributed by atoms with Crippen LogP contribution in [0.4, 0.5) is 0 Å². The van der Waals surface area contributed by atoms with E-state index in [-0.39, 0.29) is 17.7 Å². The molecule has 5 heteroatoms. The molecule has 17 heavy (non-hydrogen) atoms. The van der Waals surface area contributed by atoms with Crippen molar-refractivity contribution in [1.29, 1.82) is 0 Å². The minimum absolute atomic E-state index is 0.243. The highest BCUT2D eigenvalue weighted by molar-refractivity contribution is 5.93. The molecule has 5 nitrogen and oxygen atoms in total. The van der Waals surface area contributed by atoms with Crippen LogP contribution in [0.2, 0.25) is 0 Å². The smallest absolute Gasteiger partial charge is 0.310 e. The first-order valence-corrected chi connectivity index (χ1v) is 5.34. The highest BCUT2D eigenvalue weighted by Gasteiger charge is 2.26. The Hall–Kier alpha value is -2.04. The van der Waals surface area contributed by atoms with Gasteiger partial charge in [-0.1, -0.05) is 12.2 Å². The number of hydrogen-bond donors (Lipinski definition) is 2. The largest absolute Gasteiger partial charge is 0.481 e.